The summed E-state index contributed by atoms with van der Waals surface area (Å²) >= 11 is 0. The monoisotopic (exact) mass is 508 g/mol. The summed E-state index contributed by atoms with van der Waals surface area (Å²) in [6.45, 7) is 6.37. The number of benzene rings is 1. The first kappa shape index (κ1) is 24.9. The van der Waals surface area contributed by atoms with Gasteiger partial charge < -0.3 is 0 Å². The summed E-state index contributed by atoms with van der Waals surface area (Å²) in [5, 5.41) is 5.53. The van der Waals surface area contributed by atoms with Crippen LogP contribution in [0.4, 0.5) is 0 Å². The van der Waals surface area contributed by atoms with Gasteiger partial charge in [0.05, 0.1) is 35.2 Å². The van der Waals surface area contributed by atoms with Crippen molar-refractivity contribution in [1.29, 1.82) is 0 Å². The van der Waals surface area contributed by atoms with Crippen LogP contribution >= 0.6 is 0 Å². The van der Waals surface area contributed by atoms with Crippen LogP contribution in [0.5, 0.6) is 0 Å². The van der Waals surface area contributed by atoms with Crippen LogP contribution in [0.3, 0.4) is 0 Å². The molecule has 0 unspecified atom stereocenters. The average molecular weight is 509 g/mol. The predicted molar refractivity (Wildman–Crippen MR) is 150 cm³/mol. The smallest absolute Gasteiger partial charge is 0.168 e. The lowest BCUT2D eigenvalue weighted by molar-refractivity contribution is 0.0992. The maximum Gasteiger partial charge on any atom is 0.168 e. The lowest BCUT2D eigenvalue weighted by Gasteiger charge is -2.26. The third-order valence-electron chi connectivity index (χ3n) is 7.99. The highest BCUT2D eigenvalue weighted by molar-refractivity contribution is 5.97. The Bertz CT molecular complexity index is 1430. The van der Waals surface area contributed by atoms with Gasteiger partial charge in [0.25, 0.3) is 0 Å². The second-order valence-corrected chi connectivity index (χ2v) is 10.8. The highest BCUT2D eigenvalue weighted by Crippen LogP contribution is 2.26. The zero-order valence-corrected chi connectivity index (χ0v) is 22.3. The van der Waals surface area contributed by atoms with Crippen LogP contribution in [-0.2, 0) is 26.6 Å². The number of hydrogen-bond acceptors (Lipinski definition) is 6. The molecule has 0 radical (unpaired) electrons. The number of carbonyl (C=O) groups is 1. The molecule has 7 heteroatoms. The summed E-state index contributed by atoms with van der Waals surface area (Å²) < 4.78 is 1.98. The highest BCUT2D eigenvalue weighted by atomic mass is 16.1. The van der Waals surface area contributed by atoms with E-state index < -0.39 is 0 Å². The Morgan fingerprint density at radius 2 is 1.63 bits per heavy atom. The average Bonchev–Trinajstić information content (AvgIpc) is 3.59. The first-order valence-corrected chi connectivity index (χ1v) is 14.0. The van der Waals surface area contributed by atoms with E-state index in [1.165, 1.54) is 43.4 Å². The summed E-state index contributed by atoms with van der Waals surface area (Å²) in [5.74, 6) is 0.0901. The number of aryl methyl sites for hydroxylation is 1. The Hall–Kier alpha value is -3.42. The molecule has 2 aliphatic rings. The number of ketones is 1. The molecule has 196 valence electrons. The van der Waals surface area contributed by atoms with Gasteiger partial charge in [0.15, 0.2) is 5.78 Å². The normalized spacial score (nSPS) is 16.9. The molecule has 6 rings (SSSR count). The highest BCUT2D eigenvalue weighted by Gasteiger charge is 2.18. The zero-order valence-electron chi connectivity index (χ0n) is 22.3. The fourth-order valence-corrected chi connectivity index (χ4v) is 5.81. The Kier molecular flexibility index (Phi) is 7.29. The topological polar surface area (TPSA) is 67.2 Å². The van der Waals surface area contributed by atoms with Crippen molar-refractivity contribution in [2.45, 2.75) is 51.6 Å². The lowest BCUT2D eigenvalue weighted by Crippen LogP contribution is -2.30. The van der Waals surface area contributed by atoms with Gasteiger partial charge >= 0.3 is 0 Å². The number of fused-ring (bicyclic) bond motifs is 1. The first-order chi connectivity index (χ1) is 18.6. The molecule has 0 aliphatic carbocycles. The molecule has 2 aliphatic heterocycles. The van der Waals surface area contributed by atoms with Crippen LogP contribution in [0.25, 0.3) is 22.2 Å². The van der Waals surface area contributed by atoms with Crippen molar-refractivity contribution >= 4 is 16.7 Å². The summed E-state index contributed by atoms with van der Waals surface area (Å²) in [4.78, 5) is 27.7. The molecule has 0 spiro atoms. The Balaban J connectivity index is 1.21. The van der Waals surface area contributed by atoms with E-state index in [1.54, 1.807) is 0 Å². The van der Waals surface area contributed by atoms with E-state index in [-0.39, 0.29) is 12.2 Å². The molecule has 4 aromatic rings. The lowest BCUT2D eigenvalue weighted by atomic mass is 10.0. The molecule has 0 saturated carbocycles. The van der Waals surface area contributed by atoms with Crippen molar-refractivity contribution in [2.75, 3.05) is 26.2 Å². The Morgan fingerprint density at radius 1 is 0.868 bits per heavy atom. The third kappa shape index (κ3) is 5.54. The summed E-state index contributed by atoms with van der Waals surface area (Å²) in [7, 11) is 2.01. The van der Waals surface area contributed by atoms with E-state index in [1.807, 2.05) is 48.4 Å². The van der Waals surface area contributed by atoms with Gasteiger partial charge in [0.1, 0.15) is 0 Å². The van der Waals surface area contributed by atoms with Gasteiger partial charge in [0, 0.05) is 42.8 Å². The van der Waals surface area contributed by atoms with Crippen LogP contribution in [0.2, 0.25) is 0 Å². The molecule has 0 atom stereocenters. The second kappa shape index (κ2) is 11.1. The van der Waals surface area contributed by atoms with Gasteiger partial charge in [-0.05, 0) is 81.7 Å². The summed E-state index contributed by atoms with van der Waals surface area (Å²) in [6.07, 6.45) is 10.4. The van der Waals surface area contributed by atoms with Gasteiger partial charge in [-0.15, -0.1) is 0 Å². The molecular formula is C31H36N6O. The molecule has 0 bridgehead atoms. The van der Waals surface area contributed by atoms with Gasteiger partial charge in [-0.3, -0.25) is 24.3 Å². The number of nitrogens with zero attached hydrogens (tertiary/aromatic N) is 6. The fourth-order valence-electron chi connectivity index (χ4n) is 5.81. The second-order valence-electron chi connectivity index (χ2n) is 10.8. The predicted octanol–water partition coefficient (Wildman–Crippen LogP) is 5.04. The van der Waals surface area contributed by atoms with Gasteiger partial charge in [-0.1, -0.05) is 24.6 Å². The number of rotatable bonds is 8. The van der Waals surface area contributed by atoms with Crippen LogP contribution in [0.15, 0.2) is 54.9 Å². The largest absolute Gasteiger partial charge is 0.299 e. The molecule has 3 aromatic heterocycles. The number of pyridine rings is 2. The van der Waals surface area contributed by atoms with Gasteiger partial charge in [-0.2, -0.15) is 5.10 Å². The minimum Gasteiger partial charge on any atom is -0.299 e. The maximum atomic E-state index is 13.2. The van der Waals surface area contributed by atoms with E-state index in [0.717, 1.165) is 72.7 Å². The molecule has 2 saturated heterocycles. The molecule has 1 aromatic carbocycles. The van der Waals surface area contributed by atoms with Crippen molar-refractivity contribution in [3.8, 4) is 11.3 Å². The molecular weight excluding hydrogens is 472 g/mol. The van der Waals surface area contributed by atoms with Crippen LogP contribution in [-0.4, -0.2) is 61.5 Å². The van der Waals surface area contributed by atoms with Crippen molar-refractivity contribution in [3.05, 3.63) is 77.4 Å². The minimum atomic E-state index is 0.0901. The quantitative estimate of drug-likeness (QED) is 0.311. The number of aromatic nitrogens is 4. The number of carbonyl (C=O) groups excluding carboxylic acids is 1. The standard InChI is InChI=1S/C31H36N6O/c1-35-30(22-37-12-3-2-4-13-37)27(20-33-35)28-11-10-25-19-32-26(17-29(25)34-28)18-31(38)24-9-7-8-23(16-24)21-36-14-5-6-15-36/h7-11,16-17,19-20H,2-6,12-15,18,21-22H2,1H3. The van der Waals surface area contributed by atoms with Crippen LogP contribution in [0, 0.1) is 0 Å². The zero-order chi connectivity index (χ0) is 25.9. The SMILES string of the molecule is Cn1ncc(-c2ccc3cnc(CC(=O)c4cccc(CN5CCCC5)c4)cc3n2)c1CN1CCCCC1. The first-order valence-electron chi connectivity index (χ1n) is 14.0. The minimum absolute atomic E-state index is 0.0901. The Labute approximate surface area is 224 Å². The van der Waals surface area contributed by atoms with Gasteiger partial charge in [0.2, 0.25) is 0 Å². The van der Waals surface area contributed by atoms with Crippen molar-refractivity contribution in [3.63, 3.8) is 0 Å². The number of hydrogen-bond donors (Lipinski definition) is 0. The molecule has 0 N–H and O–H groups in total. The van der Waals surface area contributed by atoms with E-state index in [4.69, 9.17) is 4.98 Å². The van der Waals surface area contributed by atoms with Gasteiger partial charge in [-0.25, -0.2) is 4.98 Å². The molecule has 2 fully saturated rings. The van der Waals surface area contributed by atoms with E-state index >= 15 is 0 Å². The number of Topliss-reactive ketones (excluding diaryl/α,β-unsaturated/α-hetero) is 1. The van der Waals surface area contributed by atoms with E-state index in [0.29, 0.717) is 0 Å². The van der Waals surface area contributed by atoms with E-state index in [2.05, 4.69) is 38.1 Å². The fraction of sp³-hybridized carbons (Fsp3) is 0.419. The summed E-state index contributed by atoms with van der Waals surface area (Å²) in [6, 6.07) is 14.2. The van der Waals surface area contributed by atoms with E-state index in [9.17, 15) is 4.79 Å². The van der Waals surface area contributed by atoms with Crippen LogP contribution in [0.1, 0.15) is 59.4 Å². The molecule has 38 heavy (non-hydrogen) atoms. The van der Waals surface area contributed by atoms with Crippen molar-refractivity contribution in [1.82, 2.24) is 29.5 Å². The Morgan fingerprint density at radius 3 is 2.45 bits per heavy atom. The number of likely N-dealkylation sites (tertiary alicyclic amines) is 2. The number of piperidine rings is 1. The molecule has 5 heterocycles. The van der Waals surface area contributed by atoms with Crippen molar-refractivity contribution in [2.24, 2.45) is 7.05 Å². The molecule has 0 amide bonds. The summed E-state index contributed by atoms with van der Waals surface area (Å²) in [5.41, 5.74) is 6.74. The molecule has 7 nitrogen and oxygen atoms in total. The van der Waals surface area contributed by atoms with Crippen LogP contribution < -0.4 is 0 Å². The third-order valence-corrected chi connectivity index (χ3v) is 7.99. The van der Waals surface area contributed by atoms with Crippen molar-refractivity contribution < 1.29 is 4.79 Å². The maximum absolute atomic E-state index is 13.2.